The Morgan fingerprint density at radius 2 is 0.636 bits per heavy atom. The highest BCUT2D eigenvalue weighted by molar-refractivity contribution is 9.10. The van der Waals surface area contributed by atoms with Crippen LogP contribution in [0.15, 0.2) is 221 Å². The van der Waals surface area contributed by atoms with Gasteiger partial charge in [0.25, 0.3) is 0 Å². The number of hydrogen-bond donors (Lipinski definition) is 0. The van der Waals surface area contributed by atoms with Gasteiger partial charge in [-0.05, 0) is 156 Å². The van der Waals surface area contributed by atoms with Gasteiger partial charge in [0.2, 0.25) is 0 Å². The Bertz CT molecular complexity index is 6090. The van der Waals surface area contributed by atoms with Gasteiger partial charge in [0.1, 0.15) is 5.75 Å². The van der Waals surface area contributed by atoms with Crippen molar-refractivity contribution in [1.82, 2.24) is 22.2 Å². The fourth-order valence-electron chi connectivity index (χ4n) is 18.2. The van der Waals surface area contributed by atoms with Crippen molar-refractivity contribution in [3.05, 3.63) is 289 Å². The Morgan fingerprint density at radius 1 is 0.336 bits per heavy atom. The summed E-state index contributed by atoms with van der Waals surface area (Å²) in [5, 5.41) is 6.94. The summed E-state index contributed by atoms with van der Waals surface area (Å²) in [5.74, 6) is 0.940. The molecule has 0 saturated carbocycles. The van der Waals surface area contributed by atoms with Crippen LogP contribution in [0.5, 0.6) is 5.75 Å². The number of halogens is 2. The molecule has 0 fully saturated rings. The van der Waals surface area contributed by atoms with E-state index in [1.165, 1.54) is 184 Å². The lowest BCUT2D eigenvalue weighted by Crippen LogP contribution is -2.33. The van der Waals surface area contributed by atoms with Crippen LogP contribution in [0.25, 0.3) is 110 Å². The summed E-state index contributed by atoms with van der Waals surface area (Å²) in [5.41, 5.74) is 39.1. The van der Waals surface area contributed by atoms with Crippen molar-refractivity contribution in [2.75, 3.05) is 7.11 Å². The molecule has 542 valence electrons. The number of rotatable bonds is 5. The molecule has 6 nitrogen and oxygen atoms in total. The molecule has 5 aliphatic carbocycles. The Kier molecular flexibility index (Phi) is 18.2. The van der Waals surface area contributed by atoms with Crippen molar-refractivity contribution in [2.45, 2.75) is 150 Å². The Hall–Kier alpha value is -8.69. The van der Waals surface area contributed by atoms with Crippen LogP contribution in [0.1, 0.15) is 109 Å². The molecule has 0 amide bonds. The summed E-state index contributed by atoms with van der Waals surface area (Å²) in [6.07, 6.45) is 6.47. The molecule has 0 bridgehead atoms. The minimum Gasteiger partial charge on any atom is -0.497 e. The molecule has 5 aliphatic rings. The first-order valence-electron chi connectivity index (χ1n) is 38.4. The minimum atomic E-state index is -1.49. The summed E-state index contributed by atoms with van der Waals surface area (Å²) >= 11 is 7.22. The lowest BCUT2D eigenvalue weighted by molar-refractivity contribution is 0.415. The van der Waals surface area contributed by atoms with Gasteiger partial charge in [-0.15, -0.1) is 0 Å². The molecule has 10 aromatic carbocycles. The SMILES string of the molecule is CC(C)(C)c1ccc2c(c1)c1c(n2[Si](C)(C)C)Cc2ccccc2-1.COc1ccc2c(c1)c1c(n2C[Si](C)(C)C)Cc2ccccc2-1.C[Si](C)(C)n1c2c(c3cc(Br)ccc31)-c1ccccc1C2.Cn1c2c(c3cc(Br)ccc31)-c1ccccc1C2.Cn1c2c(c3cc(C(C)(C)C)ccc31)-c1ccccc1C2. The number of aryl methyl sites for hydroxylation is 2. The smallest absolute Gasteiger partial charge is 0.153 e. The van der Waals surface area contributed by atoms with Gasteiger partial charge in [0.05, 0.1) is 15.2 Å². The zero-order chi connectivity index (χ0) is 75.3. The summed E-state index contributed by atoms with van der Waals surface area (Å²) in [6.45, 7) is 35.7. The molecule has 11 heteroatoms. The maximum Gasteiger partial charge on any atom is 0.153 e. The highest BCUT2D eigenvalue weighted by Crippen LogP contribution is 2.51. The van der Waals surface area contributed by atoms with Gasteiger partial charge in [0.15, 0.2) is 16.5 Å². The van der Waals surface area contributed by atoms with Crippen molar-refractivity contribution >= 4 is 111 Å². The Morgan fingerprint density at radius 3 is 1.02 bits per heavy atom. The van der Waals surface area contributed by atoms with E-state index in [-0.39, 0.29) is 10.8 Å². The van der Waals surface area contributed by atoms with Crippen molar-refractivity contribution in [3.63, 3.8) is 0 Å². The third kappa shape index (κ3) is 12.8. The normalized spacial score (nSPS) is 13.5. The first kappa shape index (κ1) is 72.5. The van der Waals surface area contributed by atoms with Crippen LogP contribution in [0.3, 0.4) is 0 Å². The van der Waals surface area contributed by atoms with Crippen LogP contribution < -0.4 is 4.74 Å². The van der Waals surface area contributed by atoms with Crippen molar-refractivity contribution < 1.29 is 4.74 Å². The number of aromatic nitrogens is 5. The van der Waals surface area contributed by atoms with Crippen molar-refractivity contribution in [3.8, 4) is 61.4 Å². The summed E-state index contributed by atoms with van der Waals surface area (Å²) in [4.78, 5) is 0. The fourth-order valence-corrected chi connectivity index (χ4v) is 24.1. The average molecular weight is 1580 g/mol. The van der Waals surface area contributed by atoms with Crippen molar-refractivity contribution in [1.29, 1.82) is 0 Å². The molecule has 0 spiro atoms. The molecule has 20 rings (SSSR count). The highest BCUT2D eigenvalue weighted by atomic mass is 79.9. The molecular formula is C96H101Br2N5OSi3. The van der Waals surface area contributed by atoms with Crippen LogP contribution in [-0.4, -0.2) is 53.8 Å². The number of nitrogens with zero attached hydrogens (tertiary/aromatic N) is 5. The van der Waals surface area contributed by atoms with Gasteiger partial charge >= 0.3 is 0 Å². The largest absolute Gasteiger partial charge is 0.497 e. The third-order valence-corrected chi connectivity index (χ3v) is 29.0. The van der Waals surface area contributed by atoms with Crippen molar-refractivity contribution in [2.24, 2.45) is 14.1 Å². The number of benzene rings is 10. The molecule has 107 heavy (non-hydrogen) atoms. The summed E-state index contributed by atoms with van der Waals surface area (Å²) in [7, 11) is 1.95. The first-order valence-corrected chi connectivity index (χ1v) is 50.5. The van der Waals surface area contributed by atoms with E-state index in [0.717, 1.165) is 46.8 Å². The second-order valence-corrected chi connectivity index (χ2v) is 52.6. The van der Waals surface area contributed by atoms with E-state index in [2.05, 4.69) is 381 Å². The number of ether oxygens (including phenoxy) is 1. The van der Waals surface area contributed by atoms with Crippen LogP contribution in [-0.2, 0) is 63.2 Å². The van der Waals surface area contributed by atoms with Gasteiger partial charge in [-0.3, -0.25) is 0 Å². The lowest BCUT2D eigenvalue weighted by atomic mass is 9.86. The van der Waals surface area contributed by atoms with E-state index < -0.39 is 24.5 Å². The predicted octanol–water partition coefficient (Wildman–Crippen LogP) is 26.5. The Balaban J connectivity index is 0.000000103. The monoisotopic (exact) mass is 1580 g/mol. The summed E-state index contributed by atoms with van der Waals surface area (Å²) in [6, 6.07) is 78.1. The molecule has 0 atom stereocenters. The van der Waals surface area contributed by atoms with Crippen LogP contribution >= 0.6 is 31.9 Å². The predicted molar refractivity (Wildman–Crippen MR) is 473 cm³/mol. The number of methoxy groups -OCH3 is 1. The maximum atomic E-state index is 5.48. The molecule has 15 aromatic rings. The zero-order valence-electron chi connectivity index (χ0n) is 65.9. The molecule has 0 unspecified atom stereocenters. The summed E-state index contributed by atoms with van der Waals surface area (Å²) < 4.78 is 20.4. The van der Waals surface area contributed by atoms with Crippen LogP contribution in [0.4, 0.5) is 0 Å². The van der Waals surface area contributed by atoms with E-state index in [1.807, 2.05) is 0 Å². The third-order valence-electron chi connectivity index (χ3n) is 23.0. The van der Waals surface area contributed by atoms with E-state index >= 15 is 0 Å². The van der Waals surface area contributed by atoms with E-state index in [1.54, 1.807) is 7.11 Å². The molecule has 5 aromatic heterocycles. The molecule has 0 radical (unpaired) electrons. The first-order chi connectivity index (χ1) is 50.8. The molecule has 5 heterocycles. The van der Waals surface area contributed by atoms with Gasteiger partial charge in [-0.25, -0.2) is 0 Å². The van der Waals surface area contributed by atoms with Gasteiger partial charge in [-0.1, -0.05) is 266 Å². The highest BCUT2D eigenvalue weighted by Gasteiger charge is 2.36. The molecule has 0 N–H and O–H groups in total. The second kappa shape index (κ2) is 26.9. The topological polar surface area (TPSA) is 33.9 Å². The van der Waals surface area contributed by atoms with E-state index in [4.69, 9.17) is 4.74 Å². The second-order valence-electron chi connectivity index (χ2n) is 35.7. The van der Waals surface area contributed by atoms with Crippen LogP contribution in [0.2, 0.25) is 58.9 Å². The number of hydrogen-bond acceptors (Lipinski definition) is 1. The quantitative estimate of drug-likeness (QED) is 0.158. The lowest BCUT2D eigenvalue weighted by Gasteiger charge is -2.24. The Labute approximate surface area is 653 Å². The standard InChI is InChI=1S/C22H27NSi.C20H23NOSi.C20H21N.C18H18BrNSi.C16H12BrN/c1-22(2,3)16-11-12-19-18(14-16)21-17-10-8-7-9-15(17)13-20(21)23(19)24(4,5)6;1-22-15-9-10-18-17(12-15)20-16-8-6-5-7-14(16)11-19(20)21(18)13-23(2,3)4;1-20(2,3)14-9-10-17-16(12-14)19-15-8-6-5-7-13(15)11-18(19)21(17)4;1-21(2,3)20-16-9-8-13(19)11-15(16)18-14-7-5-4-6-12(14)10-17(18)20;1-18-14-7-6-11(17)9-13(14)16-12-5-3-2-4-10(12)8-15(16)18/h7-12,14H,13H2,1-6H3;5-10,12H,11,13H2,1-4H3;5-10,12H,11H2,1-4H3;4-9,11H,10H2,1-3H3;2-7,9H,8H2,1H3. The van der Waals surface area contributed by atoms with E-state index in [9.17, 15) is 0 Å². The average Bonchev–Trinajstić information content (AvgIpc) is 1.60. The number of fused-ring (bicyclic) bond motifs is 25. The van der Waals surface area contributed by atoms with Gasteiger partial charge < -0.3 is 26.9 Å². The molecular weight excluding hydrogens is 1480 g/mol. The zero-order valence-corrected chi connectivity index (χ0v) is 72.0. The minimum absolute atomic E-state index is 0.181. The van der Waals surface area contributed by atoms with Crippen LogP contribution in [0, 0.1) is 0 Å². The van der Waals surface area contributed by atoms with Gasteiger partial charge in [0, 0.05) is 172 Å². The molecule has 0 aliphatic heterocycles. The van der Waals surface area contributed by atoms with E-state index in [0.29, 0.717) is 0 Å². The molecule has 0 saturated heterocycles. The van der Waals surface area contributed by atoms with Gasteiger partial charge in [-0.2, -0.15) is 0 Å². The maximum absolute atomic E-state index is 5.48. The fraction of sp³-hybridized carbons (Fsp3) is 0.271.